The molecule has 2 aromatic carbocycles. The average molecular weight is 366 g/mol. The molecule has 0 saturated heterocycles. The van der Waals surface area contributed by atoms with Crippen molar-refractivity contribution in [3.05, 3.63) is 70.0 Å². The third-order valence-corrected chi connectivity index (χ3v) is 4.21. The number of rotatable bonds is 4. The number of methoxy groups -OCH3 is 2. The van der Waals surface area contributed by atoms with Crippen LogP contribution in [0.4, 0.5) is 5.69 Å². The fourth-order valence-electron chi connectivity index (χ4n) is 2.93. The molecule has 3 aromatic rings. The Kier molecular flexibility index (Phi) is 4.94. The van der Waals surface area contributed by atoms with Gasteiger partial charge < -0.3 is 19.4 Å². The monoisotopic (exact) mass is 366 g/mol. The van der Waals surface area contributed by atoms with Gasteiger partial charge in [-0.2, -0.15) is 0 Å². The maximum absolute atomic E-state index is 12.8. The van der Waals surface area contributed by atoms with Crippen molar-refractivity contribution in [1.82, 2.24) is 4.57 Å². The summed E-state index contributed by atoms with van der Waals surface area (Å²) in [5.74, 6) is -0.659. The summed E-state index contributed by atoms with van der Waals surface area (Å²) in [4.78, 5) is 37.4. The smallest absolute Gasteiger partial charge is 0.339 e. The highest BCUT2D eigenvalue weighted by atomic mass is 16.5. The first-order valence-corrected chi connectivity index (χ1v) is 8.13. The van der Waals surface area contributed by atoms with Crippen molar-refractivity contribution in [2.24, 2.45) is 7.05 Å². The molecule has 0 aliphatic carbocycles. The number of para-hydroxylation sites is 2. The number of aromatic nitrogens is 1. The van der Waals surface area contributed by atoms with E-state index in [1.165, 1.54) is 26.5 Å². The van der Waals surface area contributed by atoms with E-state index in [1.54, 1.807) is 48.0 Å². The third kappa shape index (κ3) is 3.27. The molecule has 0 aliphatic heterocycles. The van der Waals surface area contributed by atoms with Gasteiger partial charge in [0.15, 0.2) is 0 Å². The molecule has 0 bridgehead atoms. The molecule has 1 heterocycles. The number of hydrogen-bond donors (Lipinski definition) is 1. The van der Waals surface area contributed by atoms with Crippen LogP contribution in [0.1, 0.15) is 20.7 Å². The molecule has 0 unspecified atom stereocenters. The fourth-order valence-corrected chi connectivity index (χ4v) is 2.93. The van der Waals surface area contributed by atoms with E-state index in [-0.39, 0.29) is 16.8 Å². The Labute approximate surface area is 155 Å². The molecule has 0 spiro atoms. The molecule has 27 heavy (non-hydrogen) atoms. The van der Waals surface area contributed by atoms with Gasteiger partial charge in [-0.05, 0) is 24.3 Å². The molecule has 138 valence electrons. The van der Waals surface area contributed by atoms with Crippen LogP contribution in [0.2, 0.25) is 0 Å². The number of nitrogens with one attached hydrogen (secondary N) is 1. The maximum Gasteiger partial charge on any atom is 0.339 e. The van der Waals surface area contributed by atoms with Crippen LogP contribution >= 0.6 is 0 Å². The number of amides is 1. The third-order valence-electron chi connectivity index (χ3n) is 4.21. The molecule has 0 saturated carbocycles. The summed E-state index contributed by atoms with van der Waals surface area (Å²) in [6.45, 7) is 0. The summed E-state index contributed by atoms with van der Waals surface area (Å²) >= 11 is 0. The number of esters is 1. The van der Waals surface area contributed by atoms with Crippen molar-refractivity contribution in [3.8, 4) is 5.75 Å². The molecule has 0 fully saturated rings. The minimum atomic E-state index is -0.614. The predicted molar refractivity (Wildman–Crippen MR) is 101 cm³/mol. The lowest BCUT2D eigenvalue weighted by Gasteiger charge is -2.13. The number of hydrogen-bond acceptors (Lipinski definition) is 5. The topological polar surface area (TPSA) is 86.6 Å². The Bertz CT molecular complexity index is 1100. The number of anilines is 1. The summed E-state index contributed by atoms with van der Waals surface area (Å²) in [7, 11) is 4.50. The van der Waals surface area contributed by atoms with Crippen molar-refractivity contribution < 1.29 is 19.1 Å². The average Bonchev–Trinajstić information content (AvgIpc) is 2.69. The van der Waals surface area contributed by atoms with Crippen LogP contribution in [0.3, 0.4) is 0 Å². The van der Waals surface area contributed by atoms with Crippen LogP contribution in [-0.2, 0) is 11.8 Å². The first-order valence-electron chi connectivity index (χ1n) is 8.13. The van der Waals surface area contributed by atoms with Gasteiger partial charge in [0.1, 0.15) is 11.3 Å². The van der Waals surface area contributed by atoms with E-state index in [0.29, 0.717) is 16.7 Å². The second kappa shape index (κ2) is 7.33. The summed E-state index contributed by atoms with van der Waals surface area (Å²) in [5.41, 5.74) is 0.597. The van der Waals surface area contributed by atoms with Crippen molar-refractivity contribution >= 4 is 28.5 Å². The number of pyridine rings is 1. The van der Waals surface area contributed by atoms with Gasteiger partial charge in [-0.3, -0.25) is 9.59 Å². The first-order chi connectivity index (χ1) is 13.0. The zero-order valence-corrected chi connectivity index (χ0v) is 15.1. The van der Waals surface area contributed by atoms with E-state index in [9.17, 15) is 14.4 Å². The minimum Gasteiger partial charge on any atom is -0.495 e. The normalized spacial score (nSPS) is 10.5. The highest BCUT2D eigenvalue weighted by Crippen LogP contribution is 2.23. The molecular formula is C20H18N2O5. The van der Waals surface area contributed by atoms with E-state index in [0.717, 1.165) is 0 Å². The molecule has 7 heteroatoms. The summed E-state index contributed by atoms with van der Waals surface area (Å²) in [6.07, 6.45) is 1.45. The van der Waals surface area contributed by atoms with Gasteiger partial charge in [-0.25, -0.2) is 4.79 Å². The van der Waals surface area contributed by atoms with Crippen LogP contribution in [0.5, 0.6) is 5.75 Å². The van der Waals surface area contributed by atoms with Gasteiger partial charge in [0.05, 0.1) is 36.4 Å². The van der Waals surface area contributed by atoms with E-state index < -0.39 is 17.3 Å². The maximum atomic E-state index is 12.8. The number of ether oxygens (including phenoxy) is 2. The number of carbonyl (C=O) groups excluding carboxylic acids is 2. The van der Waals surface area contributed by atoms with E-state index >= 15 is 0 Å². The molecular weight excluding hydrogens is 348 g/mol. The van der Waals surface area contributed by atoms with E-state index in [1.807, 2.05) is 0 Å². The molecule has 1 N–H and O–H groups in total. The van der Waals surface area contributed by atoms with Gasteiger partial charge in [0.2, 0.25) is 5.43 Å². The number of benzene rings is 2. The van der Waals surface area contributed by atoms with Gasteiger partial charge in [0, 0.05) is 13.2 Å². The Morgan fingerprint density at radius 2 is 1.74 bits per heavy atom. The van der Waals surface area contributed by atoms with E-state index in [2.05, 4.69) is 5.32 Å². The number of carbonyl (C=O) groups is 2. The largest absolute Gasteiger partial charge is 0.495 e. The van der Waals surface area contributed by atoms with Crippen molar-refractivity contribution in [1.29, 1.82) is 0 Å². The van der Waals surface area contributed by atoms with Crippen LogP contribution < -0.4 is 15.5 Å². The van der Waals surface area contributed by atoms with Crippen molar-refractivity contribution in [3.63, 3.8) is 0 Å². The summed E-state index contributed by atoms with van der Waals surface area (Å²) in [5, 5.41) is 2.99. The molecule has 7 nitrogen and oxygen atoms in total. The summed E-state index contributed by atoms with van der Waals surface area (Å²) < 4.78 is 11.7. The van der Waals surface area contributed by atoms with Gasteiger partial charge in [0.25, 0.3) is 5.91 Å². The second-order valence-corrected chi connectivity index (χ2v) is 5.83. The van der Waals surface area contributed by atoms with Crippen LogP contribution in [0.15, 0.2) is 53.5 Å². The standard InChI is InChI=1S/C20H18N2O5/c1-22-11-14(18(23)13-8-6-10-16(26-2)17(13)22)19(24)21-15-9-5-4-7-12(15)20(25)27-3/h4-11H,1-3H3,(H,21,24). The van der Waals surface area contributed by atoms with Crippen molar-refractivity contribution in [2.75, 3.05) is 19.5 Å². The molecule has 1 aromatic heterocycles. The van der Waals surface area contributed by atoms with E-state index in [4.69, 9.17) is 9.47 Å². The number of aryl methyl sites for hydroxylation is 1. The lowest BCUT2D eigenvalue weighted by atomic mass is 10.1. The van der Waals surface area contributed by atoms with Crippen LogP contribution in [0, 0.1) is 0 Å². The Morgan fingerprint density at radius 1 is 1.00 bits per heavy atom. The highest BCUT2D eigenvalue weighted by Gasteiger charge is 2.19. The SMILES string of the molecule is COC(=O)c1ccccc1NC(=O)c1cn(C)c2c(OC)cccc2c1=O. The first kappa shape index (κ1) is 18.2. The minimum absolute atomic E-state index is 0.0436. The fraction of sp³-hybridized carbons (Fsp3) is 0.150. The highest BCUT2D eigenvalue weighted by molar-refractivity contribution is 6.09. The molecule has 0 atom stereocenters. The Morgan fingerprint density at radius 3 is 2.44 bits per heavy atom. The quantitative estimate of drug-likeness (QED) is 0.717. The predicted octanol–water partition coefficient (Wildman–Crippen LogP) is 2.59. The Balaban J connectivity index is 2.07. The molecule has 1 amide bonds. The van der Waals surface area contributed by atoms with Gasteiger partial charge in [-0.1, -0.05) is 18.2 Å². The lowest BCUT2D eigenvalue weighted by Crippen LogP contribution is -2.24. The van der Waals surface area contributed by atoms with Gasteiger partial charge >= 0.3 is 5.97 Å². The van der Waals surface area contributed by atoms with Crippen LogP contribution in [-0.4, -0.2) is 30.7 Å². The molecule has 3 rings (SSSR count). The zero-order chi connectivity index (χ0) is 19.6. The lowest BCUT2D eigenvalue weighted by molar-refractivity contribution is 0.0602. The Hall–Kier alpha value is -3.61. The number of fused-ring (bicyclic) bond motifs is 1. The van der Waals surface area contributed by atoms with Crippen LogP contribution in [0.25, 0.3) is 10.9 Å². The second-order valence-electron chi connectivity index (χ2n) is 5.83. The summed E-state index contributed by atoms with van der Waals surface area (Å²) in [6, 6.07) is 11.5. The van der Waals surface area contributed by atoms with Gasteiger partial charge in [-0.15, -0.1) is 0 Å². The zero-order valence-electron chi connectivity index (χ0n) is 15.1. The molecule has 0 aliphatic rings. The number of nitrogens with zero attached hydrogens (tertiary/aromatic N) is 1. The van der Waals surface area contributed by atoms with Crippen molar-refractivity contribution in [2.45, 2.75) is 0 Å². The molecule has 0 radical (unpaired) electrons.